The molecule has 16 nitrogen and oxygen atoms in total. The highest BCUT2D eigenvalue weighted by Crippen LogP contribution is 2.45. The Bertz CT molecular complexity index is 2360. The lowest BCUT2D eigenvalue weighted by Gasteiger charge is -2.21. The first-order chi connectivity index (χ1) is 46.2. The van der Waals surface area contributed by atoms with Gasteiger partial charge >= 0.3 is 33.6 Å². The number of rotatable bonds is 66. The van der Waals surface area contributed by atoms with Crippen molar-refractivity contribution < 1.29 is 75.8 Å². The van der Waals surface area contributed by atoms with E-state index in [1.54, 1.807) is 0 Å². The normalized spacial score (nSPS) is 15.1. The summed E-state index contributed by atoms with van der Waals surface area (Å²) in [5.41, 5.74) is 0. The number of aliphatic hydroxyl groups is 2. The first-order valence-electron chi connectivity index (χ1n) is 35.8. The van der Waals surface area contributed by atoms with Crippen LogP contribution in [0, 0.1) is 0 Å². The summed E-state index contributed by atoms with van der Waals surface area (Å²) in [6.45, 7) is 2.29. The fourth-order valence-electron chi connectivity index (χ4n) is 8.83. The highest BCUT2D eigenvalue weighted by molar-refractivity contribution is 7.47. The number of hydrogen-bond donors (Lipinski definition) is 4. The van der Waals surface area contributed by atoms with Gasteiger partial charge in [-0.3, -0.25) is 32.5 Å². The minimum absolute atomic E-state index is 0.0391. The molecule has 0 rings (SSSR count). The highest BCUT2D eigenvalue weighted by atomic mass is 31.2. The molecule has 0 aromatic heterocycles. The van der Waals surface area contributed by atoms with Crippen molar-refractivity contribution >= 4 is 33.6 Å². The molecule has 5 atom stereocenters. The maximum absolute atomic E-state index is 12.9. The maximum Gasteiger partial charge on any atom is 0.472 e. The summed E-state index contributed by atoms with van der Waals surface area (Å²) in [5, 5.41) is 20.6. The van der Waals surface area contributed by atoms with E-state index in [9.17, 15) is 43.5 Å². The Labute approximate surface area is 574 Å². The number of ether oxygens (including phenoxy) is 3. The summed E-state index contributed by atoms with van der Waals surface area (Å²) in [7, 11) is -9.81. The highest BCUT2D eigenvalue weighted by Gasteiger charge is 2.29. The number of hydrogen-bond acceptors (Lipinski definition) is 14. The van der Waals surface area contributed by atoms with Gasteiger partial charge in [0.1, 0.15) is 25.4 Å². The summed E-state index contributed by atoms with van der Waals surface area (Å²) in [4.78, 5) is 58.4. The van der Waals surface area contributed by atoms with E-state index >= 15 is 0 Å². The molecule has 0 radical (unpaired) electrons. The second-order valence-electron chi connectivity index (χ2n) is 23.3. The van der Waals surface area contributed by atoms with Crippen LogP contribution < -0.4 is 0 Å². The zero-order chi connectivity index (χ0) is 69.5. The van der Waals surface area contributed by atoms with Gasteiger partial charge in [0.25, 0.3) is 0 Å². The van der Waals surface area contributed by atoms with E-state index in [2.05, 4.69) is 161 Å². The standard InChI is InChI=1S/C77H126O16P2/c1-4-7-10-13-16-19-22-25-27-29-31-32-33-34-35-36-37-38-40-42-43-46-48-51-54-57-60-63-75(80)87-66-72(78)67-89-94(83,84)90-68-73(79)69-91-95(85,86)92-71-74(93-77(82)65-62-59-56-53-50-45-24-21-18-15-12-9-6-3)70-88-76(81)64-61-58-55-52-49-47-44-41-39-30-28-26-23-20-17-14-11-8-5-2/h7-8,10-11,16-17,19-21,24-28,31-32,34-35,37-39,41,47,49,55,58,72-74,78-79H,4-6,9,12-15,18,22-23,29-30,33,36,40,42-46,48,50-54,56-57,59-71H2,1-3H3,(H,83,84)(H,85,86)/b10-7-,11-8-,19-16-,20-17-,24-21-,27-25-,28-26-,32-31-,35-34-,38-37-,41-39-,49-47-,58-55-. The number of aliphatic hydroxyl groups excluding tert-OH is 2. The SMILES string of the molecule is CC/C=C\C/C=C\C/C=C\C/C=C\C/C=C\C/C=C\CCCCCCCCCCC(=O)OCC(O)COP(=O)(O)OCC(O)COP(=O)(O)OCC(COC(=O)CC/C=C\C/C=C\C/C=C\C/C=C\C/C=C\C/C=C\CC)OC(=O)CCCCCCC/C=C\CCCCCC. The second kappa shape index (κ2) is 69.1. The predicted molar refractivity (Wildman–Crippen MR) is 389 cm³/mol. The molecule has 0 aliphatic carbocycles. The molecule has 4 N–H and O–H groups in total. The van der Waals surface area contributed by atoms with E-state index in [4.69, 9.17) is 32.3 Å². The summed E-state index contributed by atoms with van der Waals surface area (Å²) in [5.74, 6) is -1.70. The molecule has 0 saturated carbocycles. The monoisotopic (exact) mass is 1370 g/mol. The topological polar surface area (TPSA) is 231 Å². The van der Waals surface area contributed by atoms with Crippen LogP contribution in [0.3, 0.4) is 0 Å². The lowest BCUT2D eigenvalue weighted by atomic mass is 10.1. The molecule has 0 amide bonds. The molecule has 0 aromatic rings. The van der Waals surface area contributed by atoms with Gasteiger partial charge in [0.15, 0.2) is 6.10 Å². The van der Waals surface area contributed by atoms with Crippen molar-refractivity contribution in [3.8, 4) is 0 Å². The van der Waals surface area contributed by atoms with E-state index < -0.39 is 91.5 Å². The van der Waals surface area contributed by atoms with E-state index in [1.807, 2.05) is 18.2 Å². The van der Waals surface area contributed by atoms with E-state index in [1.165, 1.54) is 44.9 Å². The minimum atomic E-state index is -4.95. The van der Waals surface area contributed by atoms with Gasteiger partial charge in [-0.05, 0) is 135 Å². The number of esters is 3. The van der Waals surface area contributed by atoms with Crippen molar-refractivity contribution in [3.63, 3.8) is 0 Å². The van der Waals surface area contributed by atoms with Crippen LogP contribution in [0.2, 0.25) is 0 Å². The quantitative estimate of drug-likeness (QED) is 0.0146. The zero-order valence-corrected chi connectivity index (χ0v) is 60.3. The third-order valence-electron chi connectivity index (χ3n) is 14.2. The zero-order valence-electron chi connectivity index (χ0n) is 58.5. The van der Waals surface area contributed by atoms with Crippen molar-refractivity contribution in [3.05, 3.63) is 158 Å². The third kappa shape index (κ3) is 70.3. The first kappa shape index (κ1) is 90.2. The van der Waals surface area contributed by atoms with Crippen LogP contribution in [0.25, 0.3) is 0 Å². The van der Waals surface area contributed by atoms with Crippen molar-refractivity contribution in [1.82, 2.24) is 0 Å². The fourth-order valence-corrected chi connectivity index (χ4v) is 10.4. The number of carbonyl (C=O) groups is 3. The van der Waals surface area contributed by atoms with Crippen molar-refractivity contribution in [2.45, 2.75) is 270 Å². The third-order valence-corrected chi connectivity index (χ3v) is 16.1. The van der Waals surface area contributed by atoms with Gasteiger partial charge in [0.05, 0.1) is 26.4 Å². The van der Waals surface area contributed by atoms with Gasteiger partial charge in [-0.25, -0.2) is 9.13 Å². The van der Waals surface area contributed by atoms with E-state index in [0.29, 0.717) is 25.7 Å². The Kier molecular flexibility index (Phi) is 65.6. The molecule has 0 fully saturated rings. The minimum Gasteiger partial charge on any atom is -0.463 e. The average molecular weight is 1370 g/mol. The van der Waals surface area contributed by atoms with E-state index in [0.717, 1.165) is 141 Å². The average Bonchev–Trinajstić information content (AvgIpc) is 1.81. The van der Waals surface area contributed by atoms with E-state index in [-0.39, 0.29) is 19.3 Å². The molecule has 0 aliphatic rings. The van der Waals surface area contributed by atoms with Gasteiger partial charge in [-0.2, -0.15) is 0 Å². The lowest BCUT2D eigenvalue weighted by Crippen LogP contribution is -2.30. The van der Waals surface area contributed by atoms with Gasteiger partial charge in [0, 0.05) is 19.3 Å². The molecule has 0 aliphatic heterocycles. The van der Waals surface area contributed by atoms with Crippen LogP contribution in [-0.4, -0.2) is 95.9 Å². The molecule has 18 heteroatoms. The van der Waals surface area contributed by atoms with Crippen LogP contribution in [0.4, 0.5) is 0 Å². The van der Waals surface area contributed by atoms with Gasteiger partial charge in [-0.15, -0.1) is 0 Å². The van der Waals surface area contributed by atoms with Gasteiger partial charge in [0.2, 0.25) is 0 Å². The first-order valence-corrected chi connectivity index (χ1v) is 38.8. The van der Waals surface area contributed by atoms with Crippen LogP contribution in [0.5, 0.6) is 0 Å². The summed E-state index contributed by atoms with van der Waals surface area (Å²) >= 11 is 0. The molecule has 0 bridgehead atoms. The molecule has 95 heavy (non-hydrogen) atoms. The van der Waals surface area contributed by atoms with Crippen molar-refractivity contribution in [1.29, 1.82) is 0 Å². The van der Waals surface area contributed by atoms with Crippen LogP contribution in [0.15, 0.2) is 158 Å². The van der Waals surface area contributed by atoms with Crippen LogP contribution in [-0.2, 0) is 55.8 Å². The molecule has 540 valence electrons. The largest absolute Gasteiger partial charge is 0.472 e. The molecule has 5 unspecified atom stereocenters. The lowest BCUT2D eigenvalue weighted by molar-refractivity contribution is -0.161. The number of allylic oxidation sites excluding steroid dienone is 26. The van der Waals surface area contributed by atoms with Crippen molar-refractivity contribution in [2.75, 3.05) is 39.6 Å². The van der Waals surface area contributed by atoms with Gasteiger partial charge < -0.3 is 34.2 Å². The summed E-state index contributed by atoms with van der Waals surface area (Å²) in [6, 6.07) is 0. The molecular formula is C77H126O16P2. The molecule has 0 aromatic carbocycles. The molecule has 0 saturated heterocycles. The smallest absolute Gasteiger partial charge is 0.463 e. The number of carbonyl (C=O) groups excluding carboxylic acids is 3. The maximum atomic E-state index is 12.9. The Balaban J connectivity index is 4.62. The van der Waals surface area contributed by atoms with Crippen LogP contribution in [0.1, 0.15) is 252 Å². The molecule has 0 spiro atoms. The molecular weight excluding hydrogens is 1240 g/mol. The molecule has 0 heterocycles. The fraction of sp³-hybridized carbons (Fsp3) is 0.623. The number of phosphoric ester groups is 2. The van der Waals surface area contributed by atoms with Crippen LogP contribution >= 0.6 is 15.6 Å². The summed E-state index contributed by atoms with van der Waals surface area (Å²) < 4.78 is 60.8. The Hall–Kier alpha value is -4.83. The summed E-state index contributed by atoms with van der Waals surface area (Å²) in [6.07, 6.45) is 84.6. The Morgan fingerprint density at radius 3 is 0.958 bits per heavy atom. The predicted octanol–water partition coefficient (Wildman–Crippen LogP) is 20.3. The Morgan fingerprint density at radius 2 is 0.579 bits per heavy atom. The number of phosphoric acid groups is 2. The second-order valence-corrected chi connectivity index (χ2v) is 26.2. The number of unbranched alkanes of at least 4 members (excludes halogenated alkanes) is 17. The van der Waals surface area contributed by atoms with Crippen molar-refractivity contribution in [2.24, 2.45) is 0 Å². The Morgan fingerprint density at radius 1 is 0.305 bits per heavy atom. The van der Waals surface area contributed by atoms with Gasteiger partial charge in [-0.1, -0.05) is 256 Å².